The van der Waals surface area contributed by atoms with Gasteiger partial charge in [0, 0.05) is 6.54 Å². The Morgan fingerprint density at radius 2 is 1.96 bits per heavy atom. The largest absolute Gasteiger partial charge is 0.509 e. The third-order valence-corrected chi connectivity index (χ3v) is 4.05. The molecule has 3 rings (SSSR count). The zero-order valence-corrected chi connectivity index (χ0v) is 15.1. The number of H-pyrrole nitrogens is 1. The fourth-order valence-electron chi connectivity index (χ4n) is 2.80. The third kappa shape index (κ3) is 4.64. The summed E-state index contributed by atoms with van der Waals surface area (Å²) in [5.41, 5.74) is 2.40. The molecule has 0 aliphatic heterocycles. The first-order chi connectivity index (χ1) is 13.5. The van der Waals surface area contributed by atoms with E-state index in [2.05, 4.69) is 14.7 Å². The molecule has 144 valence electrons. The number of halogens is 2. The summed E-state index contributed by atoms with van der Waals surface area (Å²) < 4.78 is 28.7. The predicted molar refractivity (Wildman–Crippen MR) is 101 cm³/mol. The molecule has 6 nitrogen and oxygen atoms in total. The summed E-state index contributed by atoms with van der Waals surface area (Å²) in [6.07, 6.45) is 0. The molecule has 0 fully saturated rings. The minimum Gasteiger partial charge on any atom is -0.509 e. The van der Waals surface area contributed by atoms with E-state index in [9.17, 15) is 19.1 Å². The summed E-state index contributed by atoms with van der Waals surface area (Å²) in [4.78, 5) is 9.16. The number of rotatable bonds is 7. The first-order valence-electron chi connectivity index (χ1n) is 8.46. The lowest BCUT2D eigenvalue weighted by atomic mass is 10.2. The third-order valence-electron chi connectivity index (χ3n) is 4.05. The molecule has 0 amide bonds. The fraction of sp³-hybridized carbons (Fsp3) is 0.200. The number of para-hydroxylation sites is 2. The van der Waals surface area contributed by atoms with E-state index < -0.39 is 6.61 Å². The van der Waals surface area contributed by atoms with Crippen LogP contribution in [0.3, 0.4) is 0 Å². The number of aliphatic hydroxyl groups excluding tert-OH is 1. The Hall–Kier alpha value is -3.44. The van der Waals surface area contributed by atoms with Crippen molar-refractivity contribution < 1.29 is 18.6 Å². The van der Waals surface area contributed by atoms with Gasteiger partial charge >= 0.3 is 6.61 Å². The Bertz CT molecular complexity index is 990. The van der Waals surface area contributed by atoms with Crippen LogP contribution in [0.1, 0.15) is 11.4 Å². The van der Waals surface area contributed by atoms with Crippen LogP contribution in [-0.2, 0) is 6.54 Å². The Labute approximate surface area is 160 Å². The molecule has 0 aliphatic rings. The van der Waals surface area contributed by atoms with Gasteiger partial charge in [-0.05, 0) is 36.9 Å². The molecule has 0 unspecified atom stereocenters. The molecule has 0 aliphatic carbocycles. The number of imidazole rings is 1. The van der Waals surface area contributed by atoms with Gasteiger partial charge in [0.15, 0.2) is 5.82 Å². The molecule has 0 bridgehead atoms. The quantitative estimate of drug-likeness (QED) is 0.473. The van der Waals surface area contributed by atoms with Crippen molar-refractivity contribution in [2.24, 2.45) is 0 Å². The highest BCUT2D eigenvalue weighted by Gasteiger charge is 2.15. The molecular weight excluding hydrogens is 366 g/mol. The van der Waals surface area contributed by atoms with E-state index in [0.717, 1.165) is 11.1 Å². The van der Waals surface area contributed by atoms with Crippen LogP contribution in [0.5, 0.6) is 5.75 Å². The number of nitrogens with zero attached hydrogens (tertiary/aromatic N) is 3. The van der Waals surface area contributed by atoms with Crippen LogP contribution in [0.4, 0.5) is 8.78 Å². The lowest BCUT2D eigenvalue weighted by Gasteiger charge is -2.17. The number of hydrogen-bond acceptors (Lipinski definition) is 5. The van der Waals surface area contributed by atoms with E-state index in [4.69, 9.17) is 0 Å². The van der Waals surface area contributed by atoms with E-state index in [0.29, 0.717) is 17.9 Å². The Balaban J connectivity index is 1.70. The number of aromatic amines is 1. The van der Waals surface area contributed by atoms with Gasteiger partial charge in [0.1, 0.15) is 23.2 Å². The van der Waals surface area contributed by atoms with Crippen LogP contribution in [0.15, 0.2) is 54.3 Å². The molecule has 3 aromatic rings. The summed E-state index contributed by atoms with van der Waals surface area (Å²) in [5.74, 6) is 0.283. The zero-order valence-electron chi connectivity index (χ0n) is 15.1. The Kier molecular flexibility index (Phi) is 5.87. The normalized spacial score (nSPS) is 12.3. The highest BCUT2D eigenvalue weighted by molar-refractivity contribution is 5.82. The summed E-state index contributed by atoms with van der Waals surface area (Å²) in [7, 11) is 1.77. The topological polar surface area (TPSA) is 85.2 Å². The first kappa shape index (κ1) is 19.3. The van der Waals surface area contributed by atoms with Crippen LogP contribution in [-0.4, -0.2) is 40.2 Å². The SMILES string of the molecule is CN(C/C(O)=C(\C#N)c1nc2ccccc2[nH]1)Cc1ccc(OC(F)F)cc1. The lowest BCUT2D eigenvalue weighted by molar-refractivity contribution is -0.0498. The number of nitriles is 1. The number of aliphatic hydroxyl groups is 1. The molecule has 2 aromatic carbocycles. The lowest BCUT2D eigenvalue weighted by Crippen LogP contribution is -2.21. The van der Waals surface area contributed by atoms with Gasteiger partial charge in [-0.15, -0.1) is 0 Å². The molecule has 1 heterocycles. The number of aromatic nitrogens is 2. The second kappa shape index (κ2) is 8.50. The number of nitrogens with one attached hydrogen (secondary N) is 1. The van der Waals surface area contributed by atoms with Crippen molar-refractivity contribution in [2.75, 3.05) is 13.6 Å². The van der Waals surface area contributed by atoms with Gasteiger partial charge in [-0.1, -0.05) is 24.3 Å². The van der Waals surface area contributed by atoms with Gasteiger partial charge in [-0.3, -0.25) is 4.90 Å². The maximum Gasteiger partial charge on any atom is 0.387 e. The molecule has 8 heteroatoms. The zero-order chi connectivity index (χ0) is 20.1. The molecule has 0 saturated heterocycles. The molecular formula is C20H18F2N4O2. The van der Waals surface area contributed by atoms with Gasteiger partial charge in [-0.2, -0.15) is 14.0 Å². The van der Waals surface area contributed by atoms with E-state index >= 15 is 0 Å². The van der Waals surface area contributed by atoms with Crippen molar-refractivity contribution in [3.8, 4) is 11.8 Å². The molecule has 0 radical (unpaired) electrons. The minimum absolute atomic E-state index is 0.0729. The van der Waals surface area contributed by atoms with Crippen LogP contribution in [0.2, 0.25) is 0 Å². The molecule has 0 atom stereocenters. The van der Waals surface area contributed by atoms with E-state index in [1.54, 1.807) is 24.1 Å². The second-order valence-electron chi connectivity index (χ2n) is 6.23. The number of likely N-dealkylation sites (N-methyl/N-ethyl adjacent to an activating group) is 1. The highest BCUT2D eigenvalue weighted by Crippen LogP contribution is 2.20. The standard InChI is InChI=1S/C20H18F2N4O2/c1-26(11-13-6-8-14(9-7-13)28-20(21)22)12-18(27)15(10-23)19-24-16-4-2-3-5-17(16)25-19/h2-9,20,27H,11-12H2,1H3,(H,24,25)/b18-15-. The van der Waals surface area contributed by atoms with Crippen molar-refractivity contribution in [2.45, 2.75) is 13.2 Å². The van der Waals surface area contributed by atoms with Gasteiger partial charge in [0.2, 0.25) is 0 Å². The van der Waals surface area contributed by atoms with Gasteiger partial charge < -0.3 is 14.8 Å². The smallest absolute Gasteiger partial charge is 0.387 e. The van der Waals surface area contributed by atoms with Gasteiger partial charge in [0.05, 0.1) is 17.6 Å². The van der Waals surface area contributed by atoms with Crippen molar-refractivity contribution in [3.63, 3.8) is 0 Å². The average molecular weight is 384 g/mol. The Morgan fingerprint density at radius 3 is 2.61 bits per heavy atom. The van der Waals surface area contributed by atoms with Gasteiger partial charge in [-0.25, -0.2) is 4.98 Å². The monoisotopic (exact) mass is 384 g/mol. The summed E-state index contributed by atoms with van der Waals surface area (Å²) in [5, 5.41) is 19.9. The molecule has 1 aromatic heterocycles. The van der Waals surface area contributed by atoms with Crippen molar-refractivity contribution in [3.05, 3.63) is 65.7 Å². The number of hydrogen-bond donors (Lipinski definition) is 2. The molecule has 28 heavy (non-hydrogen) atoms. The number of allylic oxidation sites excluding steroid dienone is 1. The van der Waals surface area contributed by atoms with Gasteiger partial charge in [0.25, 0.3) is 0 Å². The van der Waals surface area contributed by atoms with Crippen LogP contribution in [0, 0.1) is 11.3 Å². The Morgan fingerprint density at radius 1 is 1.25 bits per heavy atom. The number of benzene rings is 2. The second-order valence-corrected chi connectivity index (χ2v) is 6.23. The molecule has 2 N–H and O–H groups in total. The molecule has 0 spiro atoms. The average Bonchev–Trinajstić information content (AvgIpc) is 3.07. The van der Waals surface area contributed by atoms with Crippen molar-refractivity contribution >= 4 is 16.6 Å². The summed E-state index contributed by atoms with van der Waals surface area (Å²) >= 11 is 0. The van der Waals surface area contributed by atoms with Crippen molar-refractivity contribution in [1.29, 1.82) is 5.26 Å². The summed E-state index contributed by atoms with van der Waals surface area (Å²) in [6.45, 7) is -2.30. The summed E-state index contributed by atoms with van der Waals surface area (Å²) in [6, 6.07) is 15.6. The van der Waals surface area contributed by atoms with Crippen LogP contribution >= 0.6 is 0 Å². The minimum atomic E-state index is -2.86. The highest BCUT2D eigenvalue weighted by atomic mass is 19.3. The molecule has 0 saturated carbocycles. The van der Waals surface area contributed by atoms with E-state index in [-0.39, 0.29) is 23.6 Å². The van der Waals surface area contributed by atoms with Crippen molar-refractivity contribution in [1.82, 2.24) is 14.9 Å². The van der Waals surface area contributed by atoms with E-state index in [1.165, 1.54) is 12.1 Å². The number of ether oxygens (including phenoxy) is 1. The van der Waals surface area contributed by atoms with Crippen LogP contribution in [0.25, 0.3) is 16.6 Å². The first-order valence-corrected chi connectivity index (χ1v) is 8.46. The fourth-order valence-corrected chi connectivity index (χ4v) is 2.80. The predicted octanol–water partition coefficient (Wildman–Crippen LogP) is 4.09. The maximum atomic E-state index is 12.2. The number of alkyl halides is 2. The number of fused-ring (bicyclic) bond motifs is 1. The maximum absolute atomic E-state index is 12.2. The van der Waals surface area contributed by atoms with E-state index in [1.807, 2.05) is 30.3 Å². The van der Waals surface area contributed by atoms with Crippen LogP contribution < -0.4 is 4.74 Å².